The number of hydrogen-bond acceptors (Lipinski definition) is 3. The van der Waals surface area contributed by atoms with Gasteiger partial charge in [0.05, 0.1) is 24.0 Å². The molecule has 0 bridgehead atoms. The number of nitrogens with one attached hydrogen (secondary N) is 1. The first-order valence-corrected chi connectivity index (χ1v) is 9.30. The molecule has 0 aliphatic rings. The molecule has 1 amide bonds. The van der Waals surface area contributed by atoms with Crippen molar-refractivity contribution in [3.05, 3.63) is 76.3 Å². The van der Waals surface area contributed by atoms with Gasteiger partial charge in [0.1, 0.15) is 6.54 Å². The molecule has 1 N–H and O–H groups in total. The average molecular weight is 384 g/mol. The predicted octanol–water partition coefficient (Wildman–Crippen LogP) is 2.38. The number of terminal acetylenes is 1. The molecule has 2 aromatic carbocycles. The minimum atomic E-state index is -0.232. The second-order valence-corrected chi connectivity index (χ2v) is 6.90. The molecule has 0 unspecified atom stereocenters. The average Bonchev–Trinajstić information content (AvgIpc) is 3.05. The van der Waals surface area contributed by atoms with Gasteiger partial charge in [-0.1, -0.05) is 42.3 Å². The van der Waals surface area contributed by atoms with Crippen LogP contribution in [-0.4, -0.2) is 20.3 Å². The van der Waals surface area contributed by atoms with Gasteiger partial charge in [0, 0.05) is 29.5 Å². The maximum absolute atomic E-state index is 12.6. The van der Waals surface area contributed by atoms with Crippen LogP contribution in [0.25, 0.3) is 21.7 Å². The molecule has 2 aromatic heterocycles. The Morgan fingerprint density at radius 3 is 2.55 bits per heavy atom. The third-order valence-corrected chi connectivity index (χ3v) is 4.97. The summed E-state index contributed by atoms with van der Waals surface area (Å²) >= 11 is 0. The van der Waals surface area contributed by atoms with Gasteiger partial charge in [-0.15, -0.1) is 6.42 Å². The number of carbonyl (C=O) groups excluding carboxylic acids is 1. The molecule has 29 heavy (non-hydrogen) atoms. The number of hydrogen-bond donors (Lipinski definition) is 1. The minimum absolute atomic E-state index is 0.0839. The van der Waals surface area contributed by atoms with Gasteiger partial charge in [-0.05, 0) is 17.7 Å². The van der Waals surface area contributed by atoms with Crippen LogP contribution in [0.5, 0.6) is 0 Å². The van der Waals surface area contributed by atoms with Crippen LogP contribution in [0.2, 0.25) is 0 Å². The Kier molecular flexibility index (Phi) is 4.88. The van der Waals surface area contributed by atoms with E-state index in [9.17, 15) is 9.59 Å². The summed E-state index contributed by atoms with van der Waals surface area (Å²) in [7, 11) is 1.97. The number of aryl methyl sites for hydroxylation is 1. The Balaban J connectivity index is 1.58. The Morgan fingerprint density at radius 2 is 1.79 bits per heavy atom. The van der Waals surface area contributed by atoms with E-state index >= 15 is 0 Å². The fraction of sp³-hybridized carbons (Fsp3) is 0.174. The summed E-state index contributed by atoms with van der Waals surface area (Å²) in [6.07, 6.45) is 7.60. The Labute approximate surface area is 167 Å². The van der Waals surface area contributed by atoms with E-state index in [1.54, 1.807) is 12.1 Å². The molecule has 0 aliphatic heterocycles. The highest BCUT2D eigenvalue weighted by Crippen LogP contribution is 2.20. The first-order valence-electron chi connectivity index (χ1n) is 9.30. The Bertz CT molecular complexity index is 1320. The molecule has 144 valence electrons. The lowest BCUT2D eigenvalue weighted by Gasteiger charge is -2.10. The lowest BCUT2D eigenvalue weighted by molar-refractivity contribution is -0.120. The zero-order chi connectivity index (χ0) is 20.4. The minimum Gasteiger partial charge on any atom is -0.350 e. The van der Waals surface area contributed by atoms with Gasteiger partial charge < -0.3 is 9.88 Å². The molecule has 4 aromatic rings. The fourth-order valence-corrected chi connectivity index (χ4v) is 3.61. The summed E-state index contributed by atoms with van der Waals surface area (Å²) < 4.78 is 3.28. The predicted molar refractivity (Wildman–Crippen MR) is 113 cm³/mol. The van der Waals surface area contributed by atoms with Crippen molar-refractivity contribution in [1.82, 2.24) is 19.7 Å². The molecule has 4 rings (SSSR count). The van der Waals surface area contributed by atoms with Crippen molar-refractivity contribution in [3.63, 3.8) is 0 Å². The number of nitrogens with zero attached hydrogens (tertiary/aromatic N) is 3. The lowest BCUT2D eigenvalue weighted by Crippen LogP contribution is -2.29. The van der Waals surface area contributed by atoms with Crippen LogP contribution in [0.3, 0.4) is 0 Å². The van der Waals surface area contributed by atoms with Crippen LogP contribution in [0.15, 0.2) is 59.5 Å². The van der Waals surface area contributed by atoms with E-state index < -0.39 is 0 Å². The van der Waals surface area contributed by atoms with Crippen molar-refractivity contribution in [2.75, 3.05) is 0 Å². The third kappa shape index (κ3) is 3.50. The van der Waals surface area contributed by atoms with Gasteiger partial charge in [-0.3, -0.25) is 9.59 Å². The van der Waals surface area contributed by atoms with E-state index in [1.807, 2.05) is 54.2 Å². The van der Waals surface area contributed by atoms with Crippen molar-refractivity contribution >= 4 is 27.6 Å². The molecular weight excluding hydrogens is 364 g/mol. The molecule has 0 fully saturated rings. The van der Waals surface area contributed by atoms with Gasteiger partial charge >= 0.3 is 0 Å². The molecule has 0 saturated carbocycles. The molecule has 0 atom stereocenters. The molecule has 0 spiro atoms. The van der Waals surface area contributed by atoms with Crippen molar-refractivity contribution < 1.29 is 4.79 Å². The molecule has 0 radical (unpaired) electrons. The molecule has 6 nitrogen and oxygen atoms in total. The first kappa shape index (κ1) is 18.5. The van der Waals surface area contributed by atoms with Gasteiger partial charge in [0.2, 0.25) is 5.91 Å². The second kappa shape index (κ2) is 7.64. The van der Waals surface area contributed by atoms with Crippen molar-refractivity contribution in [3.8, 4) is 12.3 Å². The number of fused-ring (bicyclic) bond motifs is 2. The zero-order valence-corrected chi connectivity index (χ0v) is 16.1. The normalized spacial score (nSPS) is 10.9. The number of benzene rings is 2. The van der Waals surface area contributed by atoms with E-state index in [4.69, 9.17) is 6.42 Å². The SMILES string of the molecule is C#CCn1nc(CNC(=O)Cc2cn(C)c3ccccc23)c2ccccc2c1=O. The van der Waals surface area contributed by atoms with Gasteiger partial charge in [0.25, 0.3) is 5.56 Å². The number of rotatable bonds is 5. The first-order chi connectivity index (χ1) is 14.1. The molecule has 6 heteroatoms. The fourth-order valence-electron chi connectivity index (χ4n) is 3.61. The quantitative estimate of drug-likeness (QED) is 0.537. The highest BCUT2D eigenvalue weighted by atomic mass is 16.1. The summed E-state index contributed by atoms with van der Waals surface area (Å²) in [6, 6.07) is 15.2. The van der Waals surface area contributed by atoms with Crippen LogP contribution in [0, 0.1) is 12.3 Å². The van der Waals surface area contributed by atoms with Crippen LogP contribution >= 0.6 is 0 Å². The Hall–Kier alpha value is -3.85. The highest BCUT2D eigenvalue weighted by molar-refractivity contribution is 5.89. The number of aromatic nitrogens is 3. The number of para-hydroxylation sites is 1. The van der Waals surface area contributed by atoms with Gasteiger partial charge in [0.15, 0.2) is 0 Å². The van der Waals surface area contributed by atoms with Crippen molar-refractivity contribution in [2.45, 2.75) is 19.5 Å². The maximum Gasteiger partial charge on any atom is 0.275 e. The number of amides is 1. The highest BCUT2D eigenvalue weighted by Gasteiger charge is 2.13. The third-order valence-electron chi connectivity index (χ3n) is 4.97. The molecular formula is C23H20N4O2. The largest absolute Gasteiger partial charge is 0.350 e. The second-order valence-electron chi connectivity index (χ2n) is 6.90. The van der Waals surface area contributed by atoms with Gasteiger partial charge in [-0.2, -0.15) is 5.10 Å². The summed E-state index contributed by atoms with van der Waals surface area (Å²) in [4.78, 5) is 25.1. The topological polar surface area (TPSA) is 68.9 Å². The number of carbonyl (C=O) groups is 1. The van der Waals surface area contributed by atoms with E-state index in [1.165, 1.54) is 4.68 Å². The summed E-state index contributed by atoms with van der Waals surface area (Å²) in [5, 5.41) is 9.61. The zero-order valence-electron chi connectivity index (χ0n) is 16.1. The summed E-state index contributed by atoms with van der Waals surface area (Å²) in [5.41, 5.74) is 2.44. The van der Waals surface area contributed by atoms with Crippen LogP contribution in [-0.2, 0) is 31.4 Å². The molecule has 2 heterocycles. The van der Waals surface area contributed by atoms with E-state index in [-0.39, 0.29) is 31.0 Å². The Morgan fingerprint density at radius 1 is 1.10 bits per heavy atom. The summed E-state index contributed by atoms with van der Waals surface area (Å²) in [5.74, 6) is 2.34. The smallest absolute Gasteiger partial charge is 0.275 e. The van der Waals surface area contributed by atoms with E-state index in [2.05, 4.69) is 16.3 Å². The molecule has 0 aliphatic carbocycles. The van der Waals surface area contributed by atoms with Crippen LogP contribution < -0.4 is 10.9 Å². The molecule has 0 saturated heterocycles. The van der Waals surface area contributed by atoms with E-state index in [0.717, 1.165) is 21.9 Å². The van der Waals surface area contributed by atoms with Crippen LogP contribution in [0.1, 0.15) is 11.3 Å². The lowest BCUT2D eigenvalue weighted by atomic mass is 10.1. The maximum atomic E-state index is 12.6. The summed E-state index contributed by atoms with van der Waals surface area (Å²) in [6.45, 7) is 0.301. The monoisotopic (exact) mass is 384 g/mol. The van der Waals surface area contributed by atoms with E-state index in [0.29, 0.717) is 11.1 Å². The van der Waals surface area contributed by atoms with Crippen molar-refractivity contribution in [1.29, 1.82) is 0 Å². The standard InChI is InChI=1S/C23H20N4O2/c1-3-12-27-23(29)19-10-5-4-9-18(19)20(25-27)14-24-22(28)13-16-15-26(2)21-11-7-6-8-17(16)21/h1,4-11,15H,12-14H2,2H3,(H,24,28). The van der Waals surface area contributed by atoms with Crippen LogP contribution in [0.4, 0.5) is 0 Å². The van der Waals surface area contributed by atoms with Gasteiger partial charge in [-0.25, -0.2) is 4.68 Å². The van der Waals surface area contributed by atoms with Crippen molar-refractivity contribution in [2.24, 2.45) is 7.05 Å².